The van der Waals surface area contributed by atoms with Gasteiger partial charge in [0.05, 0.1) is 5.57 Å². The van der Waals surface area contributed by atoms with E-state index in [0.717, 1.165) is 41.2 Å². The lowest BCUT2D eigenvalue weighted by Gasteiger charge is -2.26. The molecular weight excluding hydrogens is 456 g/mol. The van der Waals surface area contributed by atoms with E-state index in [0.29, 0.717) is 23.0 Å². The molecule has 0 aliphatic carbocycles. The molecule has 2 aliphatic heterocycles. The van der Waals surface area contributed by atoms with Crippen molar-refractivity contribution >= 4 is 40.2 Å². The predicted molar refractivity (Wildman–Crippen MR) is 141 cm³/mol. The van der Waals surface area contributed by atoms with Crippen LogP contribution < -0.4 is 10.2 Å². The maximum Gasteiger partial charge on any atom is 0.260 e. The number of nitrogens with one attached hydrogen (secondary N) is 1. The average molecular weight is 479 g/mol. The van der Waals surface area contributed by atoms with E-state index in [-0.39, 0.29) is 5.91 Å². The van der Waals surface area contributed by atoms with Gasteiger partial charge in [-0.15, -0.1) is 0 Å². The maximum absolute atomic E-state index is 12.8. The Morgan fingerprint density at radius 2 is 1.49 bits per heavy atom. The Morgan fingerprint density at radius 3 is 2.17 bits per heavy atom. The third-order valence-electron chi connectivity index (χ3n) is 6.46. The molecule has 6 rings (SSSR count). The molecule has 0 radical (unpaired) electrons. The van der Waals surface area contributed by atoms with Gasteiger partial charge in [-0.2, -0.15) is 0 Å². The summed E-state index contributed by atoms with van der Waals surface area (Å²) >= 11 is 6.22. The van der Waals surface area contributed by atoms with Gasteiger partial charge in [0.2, 0.25) is 0 Å². The van der Waals surface area contributed by atoms with Crippen molar-refractivity contribution in [3.8, 4) is 0 Å². The lowest BCUT2D eigenvalue weighted by molar-refractivity contribution is -0.110. The van der Waals surface area contributed by atoms with Crippen LogP contribution in [0.5, 0.6) is 0 Å². The highest BCUT2D eigenvalue weighted by molar-refractivity contribution is 6.38. The monoisotopic (exact) mass is 478 g/mol. The molecule has 5 heteroatoms. The van der Waals surface area contributed by atoms with Gasteiger partial charge in [-0.05, 0) is 47.5 Å². The summed E-state index contributed by atoms with van der Waals surface area (Å²) < 4.78 is 6.10. The zero-order valence-corrected chi connectivity index (χ0v) is 19.8. The third kappa shape index (κ3) is 4.17. The second-order valence-corrected chi connectivity index (χ2v) is 9.24. The summed E-state index contributed by atoms with van der Waals surface area (Å²) in [5.74, 6) is 0.451. The number of hydrogen-bond donors (Lipinski definition) is 1. The molecule has 0 bridgehead atoms. The normalized spacial score (nSPS) is 15.9. The Labute approximate surface area is 209 Å². The lowest BCUT2D eigenvalue weighted by atomic mass is 10.00. The van der Waals surface area contributed by atoms with Gasteiger partial charge in [0, 0.05) is 46.2 Å². The third-order valence-corrected chi connectivity index (χ3v) is 6.69. The number of carbonyl (C=O) groups excluding carboxylic acids is 1. The molecule has 1 N–H and O–H groups in total. The summed E-state index contributed by atoms with van der Waals surface area (Å²) in [5, 5.41) is 3.51. The van der Waals surface area contributed by atoms with E-state index < -0.39 is 0 Å². The minimum Gasteiger partial charge on any atom is -0.487 e. The number of nitrogens with zero attached hydrogens (tertiary/aromatic N) is 1. The molecule has 2 heterocycles. The highest BCUT2D eigenvalue weighted by Gasteiger charge is 2.33. The van der Waals surface area contributed by atoms with E-state index in [1.54, 1.807) is 6.07 Å². The van der Waals surface area contributed by atoms with Gasteiger partial charge in [0.15, 0.2) is 0 Å². The molecule has 1 amide bonds. The van der Waals surface area contributed by atoms with Gasteiger partial charge in [0.25, 0.3) is 5.91 Å². The van der Waals surface area contributed by atoms with Gasteiger partial charge in [-0.3, -0.25) is 4.79 Å². The summed E-state index contributed by atoms with van der Waals surface area (Å²) in [6.45, 7) is 2.00. The van der Waals surface area contributed by atoms with E-state index in [9.17, 15) is 4.79 Å². The van der Waals surface area contributed by atoms with Crippen LogP contribution in [0.1, 0.15) is 27.8 Å². The number of benzene rings is 4. The number of anilines is 2. The molecule has 0 spiro atoms. The maximum atomic E-state index is 12.8. The smallest absolute Gasteiger partial charge is 0.260 e. The molecular formula is C30H23ClN2O2. The van der Waals surface area contributed by atoms with E-state index in [1.807, 2.05) is 24.3 Å². The second-order valence-electron chi connectivity index (χ2n) is 8.81. The number of halogens is 1. The molecule has 4 nitrogen and oxygen atoms in total. The Bertz CT molecular complexity index is 1410. The van der Waals surface area contributed by atoms with Gasteiger partial charge >= 0.3 is 0 Å². The van der Waals surface area contributed by atoms with Crippen molar-refractivity contribution in [3.05, 3.63) is 130 Å². The van der Waals surface area contributed by atoms with Gasteiger partial charge in [-0.1, -0.05) is 72.3 Å². The molecule has 4 aromatic rings. The van der Waals surface area contributed by atoms with Crippen LogP contribution in [0.2, 0.25) is 5.02 Å². The van der Waals surface area contributed by atoms with Crippen molar-refractivity contribution in [1.82, 2.24) is 0 Å². The molecule has 172 valence electrons. The van der Waals surface area contributed by atoms with Crippen LogP contribution in [0.3, 0.4) is 0 Å². The van der Waals surface area contributed by atoms with Crippen molar-refractivity contribution in [3.63, 3.8) is 0 Å². The quantitative estimate of drug-likeness (QED) is 0.317. The number of rotatable bonds is 5. The molecule has 4 aromatic carbocycles. The number of hydrogen-bond acceptors (Lipinski definition) is 3. The molecule has 0 saturated carbocycles. The predicted octanol–water partition coefficient (Wildman–Crippen LogP) is 6.90. The summed E-state index contributed by atoms with van der Waals surface area (Å²) in [7, 11) is 0. The van der Waals surface area contributed by atoms with Gasteiger partial charge < -0.3 is 15.0 Å². The fourth-order valence-corrected chi connectivity index (χ4v) is 4.94. The van der Waals surface area contributed by atoms with E-state index in [2.05, 4.69) is 76.9 Å². The van der Waals surface area contributed by atoms with Crippen LogP contribution >= 0.6 is 11.6 Å². The van der Waals surface area contributed by atoms with Gasteiger partial charge in [-0.25, -0.2) is 0 Å². The summed E-state index contributed by atoms with van der Waals surface area (Å²) in [4.78, 5) is 15.2. The summed E-state index contributed by atoms with van der Waals surface area (Å²) in [6, 6.07) is 32.7. The summed E-state index contributed by atoms with van der Waals surface area (Å²) in [5.41, 5.74) is 7.71. The Balaban J connectivity index is 1.38. The number of ether oxygens (including phenoxy) is 1. The van der Waals surface area contributed by atoms with Gasteiger partial charge in [0.1, 0.15) is 12.4 Å². The zero-order valence-electron chi connectivity index (χ0n) is 19.0. The van der Waals surface area contributed by atoms with Crippen molar-refractivity contribution < 1.29 is 9.53 Å². The fourth-order valence-electron chi connectivity index (χ4n) is 4.76. The molecule has 0 aromatic heterocycles. The average Bonchev–Trinajstić information content (AvgIpc) is 3.43. The molecule has 0 unspecified atom stereocenters. The Kier molecular flexibility index (Phi) is 5.51. The largest absolute Gasteiger partial charge is 0.487 e. The molecule has 0 saturated heterocycles. The Hall–Kier alpha value is -4.02. The van der Waals surface area contributed by atoms with E-state index >= 15 is 0 Å². The first kappa shape index (κ1) is 21.5. The SMILES string of the molecule is O=C1Nc2ccc(Cl)cc2/C1=C1\OCc2cc(N(Cc3ccccc3)Cc3ccccc3)ccc21. The molecule has 0 fully saturated rings. The zero-order chi connectivity index (χ0) is 23.8. The first-order valence-corrected chi connectivity index (χ1v) is 12.0. The van der Waals surface area contributed by atoms with Crippen LogP contribution in [0.4, 0.5) is 11.4 Å². The van der Waals surface area contributed by atoms with Crippen LogP contribution in [-0.2, 0) is 29.2 Å². The van der Waals surface area contributed by atoms with Crippen LogP contribution in [0, 0.1) is 0 Å². The lowest BCUT2D eigenvalue weighted by Crippen LogP contribution is -2.22. The Morgan fingerprint density at radius 1 is 0.800 bits per heavy atom. The second kappa shape index (κ2) is 8.97. The number of fused-ring (bicyclic) bond motifs is 2. The standard InChI is InChI=1S/C30H23ClN2O2/c31-23-11-14-27-26(16-23)28(30(34)32-27)29-25-13-12-24(15-22(25)19-35-29)33(17-20-7-3-1-4-8-20)18-21-9-5-2-6-10-21/h1-16H,17-19H2,(H,32,34)/b29-28+. The van der Waals surface area contributed by atoms with Crippen molar-refractivity contribution in [1.29, 1.82) is 0 Å². The van der Waals surface area contributed by atoms with Crippen LogP contribution in [-0.4, -0.2) is 5.91 Å². The van der Waals surface area contributed by atoms with E-state index in [4.69, 9.17) is 16.3 Å². The van der Waals surface area contributed by atoms with Crippen molar-refractivity contribution in [2.24, 2.45) is 0 Å². The van der Waals surface area contributed by atoms with Crippen molar-refractivity contribution in [2.45, 2.75) is 19.7 Å². The molecule has 0 atom stereocenters. The minimum atomic E-state index is -0.163. The van der Waals surface area contributed by atoms with Crippen LogP contribution in [0.25, 0.3) is 11.3 Å². The highest BCUT2D eigenvalue weighted by Crippen LogP contribution is 2.43. The van der Waals surface area contributed by atoms with Crippen molar-refractivity contribution in [2.75, 3.05) is 10.2 Å². The van der Waals surface area contributed by atoms with E-state index in [1.165, 1.54) is 11.1 Å². The fraction of sp³-hybridized carbons (Fsp3) is 0.100. The molecule has 2 aliphatic rings. The minimum absolute atomic E-state index is 0.163. The topological polar surface area (TPSA) is 41.6 Å². The number of carbonyl (C=O) groups is 1. The highest BCUT2D eigenvalue weighted by atomic mass is 35.5. The first-order valence-electron chi connectivity index (χ1n) is 11.6. The summed E-state index contributed by atoms with van der Waals surface area (Å²) in [6.07, 6.45) is 0. The number of amides is 1. The van der Waals surface area contributed by atoms with Crippen LogP contribution in [0.15, 0.2) is 97.1 Å². The molecule has 35 heavy (non-hydrogen) atoms. The first-order chi connectivity index (χ1) is 17.2.